The molecule has 2 saturated heterocycles. The van der Waals surface area contributed by atoms with E-state index >= 15 is 0 Å². The first-order chi connectivity index (χ1) is 13.2. The highest BCUT2D eigenvalue weighted by Gasteiger charge is 2.40. The predicted molar refractivity (Wildman–Crippen MR) is 103 cm³/mol. The van der Waals surface area contributed by atoms with E-state index in [1.807, 2.05) is 15.9 Å². The maximum Gasteiger partial charge on any atom is 0.245 e. The van der Waals surface area contributed by atoms with Crippen LogP contribution in [0.1, 0.15) is 49.7 Å². The monoisotopic (exact) mass is 370 g/mol. The van der Waals surface area contributed by atoms with Crippen LogP contribution in [0.4, 0.5) is 0 Å². The number of aliphatic hydroxyl groups is 1. The van der Waals surface area contributed by atoms with E-state index in [1.54, 1.807) is 0 Å². The number of hydrogen-bond acceptors (Lipinski definition) is 3. The molecule has 2 unspecified atom stereocenters. The number of hydrogen-bond donors (Lipinski definition) is 1. The Kier molecular flexibility index (Phi) is 5.48. The third-order valence-corrected chi connectivity index (χ3v) is 6.64. The molecule has 4 rings (SSSR count). The molecule has 2 amide bonds. The minimum Gasteiger partial charge on any atom is -0.394 e. The molecule has 146 valence electrons. The maximum atomic E-state index is 13.3. The van der Waals surface area contributed by atoms with Crippen LogP contribution in [0.25, 0.3) is 0 Å². The van der Waals surface area contributed by atoms with E-state index in [1.165, 1.54) is 11.1 Å². The van der Waals surface area contributed by atoms with E-state index in [2.05, 4.69) is 18.2 Å². The van der Waals surface area contributed by atoms with Gasteiger partial charge in [-0.05, 0) is 62.5 Å². The summed E-state index contributed by atoms with van der Waals surface area (Å²) in [4.78, 5) is 30.2. The van der Waals surface area contributed by atoms with Gasteiger partial charge >= 0.3 is 0 Å². The Morgan fingerprint density at radius 1 is 0.926 bits per heavy atom. The molecule has 3 atom stereocenters. The molecule has 2 fully saturated rings. The average Bonchev–Trinajstić information content (AvgIpc) is 3.21. The molecule has 3 aliphatic rings. The van der Waals surface area contributed by atoms with Crippen molar-refractivity contribution < 1.29 is 14.7 Å². The van der Waals surface area contributed by atoms with Gasteiger partial charge in [0, 0.05) is 19.0 Å². The summed E-state index contributed by atoms with van der Waals surface area (Å²) < 4.78 is 0. The van der Waals surface area contributed by atoms with Gasteiger partial charge in [-0.2, -0.15) is 0 Å². The normalized spacial score (nSPS) is 28.1. The highest BCUT2D eigenvalue weighted by Crippen LogP contribution is 2.30. The Labute approximate surface area is 161 Å². The van der Waals surface area contributed by atoms with Crippen LogP contribution in [0.15, 0.2) is 24.3 Å². The van der Waals surface area contributed by atoms with Crippen molar-refractivity contribution in [3.05, 3.63) is 35.4 Å². The van der Waals surface area contributed by atoms with Crippen LogP contribution in [-0.2, 0) is 22.4 Å². The smallest absolute Gasteiger partial charge is 0.245 e. The van der Waals surface area contributed by atoms with Crippen molar-refractivity contribution >= 4 is 11.8 Å². The zero-order chi connectivity index (χ0) is 18.8. The molecule has 0 aromatic heterocycles. The second kappa shape index (κ2) is 8.01. The van der Waals surface area contributed by atoms with Crippen molar-refractivity contribution in [1.29, 1.82) is 0 Å². The summed E-state index contributed by atoms with van der Waals surface area (Å²) in [5.41, 5.74) is 2.64. The first-order valence-electron chi connectivity index (χ1n) is 10.5. The van der Waals surface area contributed by atoms with Crippen LogP contribution in [0.2, 0.25) is 0 Å². The number of benzene rings is 1. The first kappa shape index (κ1) is 18.5. The summed E-state index contributed by atoms with van der Waals surface area (Å²) in [5, 5.41) is 9.58. The van der Waals surface area contributed by atoms with Crippen LogP contribution in [0.5, 0.6) is 0 Å². The van der Waals surface area contributed by atoms with E-state index in [0.717, 1.165) is 51.4 Å². The average molecular weight is 370 g/mol. The van der Waals surface area contributed by atoms with Crippen LogP contribution in [-0.4, -0.2) is 58.5 Å². The number of rotatable bonds is 3. The number of piperidine rings is 1. The lowest BCUT2D eigenvalue weighted by Crippen LogP contribution is -2.56. The highest BCUT2D eigenvalue weighted by molar-refractivity contribution is 5.89. The Morgan fingerprint density at radius 2 is 1.70 bits per heavy atom. The quantitative estimate of drug-likeness (QED) is 0.887. The number of aryl methyl sites for hydroxylation is 1. The van der Waals surface area contributed by atoms with Gasteiger partial charge in [-0.25, -0.2) is 0 Å². The van der Waals surface area contributed by atoms with Crippen molar-refractivity contribution in [3.8, 4) is 0 Å². The van der Waals surface area contributed by atoms with Gasteiger partial charge in [-0.1, -0.05) is 24.3 Å². The van der Waals surface area contributed by atoms with Crippen molar-refractivity contribution in [2.75, 3.05) is 19.7 Å². The predicted octanol–water partition coefficient (Wildman–Crippen LogP) is 2.16. The zero-order valence-corrected chi connectivity index (χ0v) is 16.0. The summed E-state index contributed by atoms with van der Waals surface area (Å²) >= 11 is 0. The molecular formula is C22H30N2O3. The molecular weight excluding hydrogens is 340 g/mol. The topological polar surface area (TPSA) is 60.9 Å². The SMILES string of the molecule is O=C(C1CCc2ccccc2C1)N1CCCCC1C(=O)N1CCC[C@H]1CO. The largest absolute Gasteiger partial charge is 0.394 e. The van der Waals surface area contributed by atoms with E-state index in [4.69, 9.17) is 0 Å². The second-order valence-corrected chi connectivity index (χ2v) is 8.26. The summed E-state index contributed by atoms with van der Waals surface area (Å²) in [5.74, 6) is 0.193. The molecule has 1 aromatic rings. The molecule has 2 heterocycles. The maximum absolute atomic E-state index is 13.3. The van der Waals surface area contributed by atoms with Gasteiger partial charge in [0.05, 0.1) is 12.6 Å². The fraction of sp³-hybridized carbons (Fsp3) is 0.636. The van der Waals surface area contributed by atoms with Gasteiger partial charge in [0.25, 0.3) is 0 Å². The molecule has 1 N–H and O–H groups in total. The van der Waals surface area contributed by atoms with E-state index in [0.29, 0.717) is 13.1 Å². The molecule has 0 radical (unpaired) electrons. The van der Waals surface area contributed by atoms with Gasteiger partial charge in [0.15, 0.2) is 0 Å². The summed E-state index contributed by atoms with van der Waals surface area (Å²) in [6.45, 7) is 1.41. The Balaban J connectivity index is 1.49. The van der Waals surface area contributed by atoms with Gasteiger partial charge in [0.1, 0.15) is 6.04 Å². The standard InChI is InChI=1S/C22H30N2O3/c25-15-19-8-5-13-23(19)22(27)20-9-3-4-12-24(20)21(26)18-11-10-16-6-1-2-7-17(16)14-18/h1-2,6-7,18-20,25H,3-5,8-15H2/t18?,19-,20?/m0/s1. The van der Waals surface area contributed by atoms with E-state index < -0.39 is 0 Å². The van der Waals surface area contributed by atoms with Crippen molar-refractivity contribution in [3.63, 3.8) is 0 Å². The van der Waals surface area contributed by atoms with E-state index in [9.17, 15) is 14.7 Å². The number of carbonyl (C=O) groups is 2. The van der Waals surface area contributed by atoms with Gasteiger partial charge in [-0.3, -0.25) is 9.59 Å². The van der Waals surface area contributed by atoms with E-state index in [-0.39, 0.29) is 36.4 Å². The van der Waals surface area contributed by atoms with Gasteiger partial charge in [-0.15, -0.1) is 0 Å². The number of likely N-dealkylation sites (tertiary alicyclic amines) is 2. The molecule has 0 spiro atoms. The van der Waals surface area contributed by atoms with Crippen LogP contribution in [0.3, 0.4) is 0 Å². The molecule has 5 heteroatoms. The van der Waals surface area contributed by atoms with Crippen molar-refractivity contribution in [1.82, 2.24) is 9.80 Å². The molecule has 0 saturated carbocycles. The number of aliphatic hydroxyl groups excluding tert-OH is 1. The molecule has 1 aromatic carbocycles. The van der Waals surface area contributed by atoms with Crippen molar-refractivity contribution in [2.45, 2.75) is 63.5 Å². The molecule has 2 aliphatic heterocycles. The summed E-state index contributed by atoms with van der Waals surface area (Å²) in [6, 6.07) is 7.98. The van der Waals surface area contributed by atoms with Gasteiger partial charge < -0.3 is 14.9 Å². The molecule has 5 nitrogen and oxygen atoms in total. The van der Waals surface area contributed by atoms with Gasteiger partial charge in [0.2, 0.25) is 11.8 Å². The number of carbonyl (C=O) groups excluding carboxylic acids is 2. The van der Waals surface area contributed by atoms with Crippen LogP contribution >= 0.6 is 0 Å². The lowest BCUT2D eigenvalue weighted by molar-refractivity contribution is -0.151. The Morgan fingerprint density at radius 3 is 2.52 bits per heavy atom. The lowest BCUT2D eigenvalue weighted by Gasteiger charge is -2.40. The summed E-state index contributed by atoms with van der Waals surface area (Å²) in [6.07, 6.45) is 7.12. The van der Waals surface area contributed by atoms with Crippen LogP contribution in [0, 0.1) is 5.92 Å². The zero-order valence-electron chi connectivity index (χ0n) is 16.0. The third kappa shape index (κ3) is 3.62. The highest BCUT2D eigenvalue weighted by atomic mass is 16.3. The second-order valence-electron chi connectivity index (χ2n) is 8.26. The molecule has 1 aliphatic carbocycles. The van der Waals surface area contributed by atoms with Crippen molar-refractivity contribution in [2.24, 2.45) is 5.92 Å². The number of amides is 2. The minimum atomic E-state index is -0.337. The van der Waals surface area contributed by atoms with Crippen LogP contribution < -0.4 is 0 Å². The molecule has 0 bridgehead atoms. The minimum absolute atomic E-state index is 0.0134. The number of fused-ring (bicyclic) bond motifs is 1. The number of nitrogens with zero attached hydrogens (tertiary/aromatic N) is 2. The fourth-order valence-corrected chi connectivity index (χ4v) is 5.10. The Hall–Kier alpha value is -1.88. The first-order valence-corrected chi connectivity index (χ1v) is 10.5. The third-order valence-electron chi connectivity index (χ3n) is 6.64. The lowest BCUT2D eigenvalue weighted by atomic mass is 9.82. The molecule has 27 heavy (non-hydrogen) atoms. The Bertz CT molecular complexity index is 705. The summed E-state index contributed by atoms with van der Waals surface area (Å²) in [7, 11) is 0. The fourth-order valence-electron chi connectivity index (χ4n) is 5.10.